The van der Waals surface area contributed by atoms with Gasteiger partial charge in [-0.25, -0.2) is 0 Å². The second kappa shape index (κ2) is 7.94. The van der Waals surface area contributed by atoms with Gasteiger partial charge >= 0.3 is 0 Å². The lowest BCUT2D eigenvalue weighted by Gasteiger charge is -2.05. The van der Waals surface area contributed by atoms with E-state index >= 15 is 0 Å². The molecule has 0 saturated heterocycles. The van der Waals surface area contributed by atoms with Crippen LogP contribution < -0.4 is 4.80 Å². The summed E-state index contributed by atoms with van der Waals surface area (Å²) in [5.41, 5.74) is 1.05. The van der Waals surface area contributed by atoms with Gasteiger partial charge in [0.25, 0.3) is 5.91 Å². The number of carbonyl (C=O) groups is 1. The number of thiazole rings is 1. The normalized spacial score (nSPS) is 12.3. The Balaban J connectivity index is 1.80. The van der Waals surface area contributed by atoms with Gasteiger partial charge in [0.15, 0.2) is 4.80 Å². The Labute approximate surface area is 169 Å². The van der Waals surface area contributed by atoms with Gasteiger partial charge in [0.05, 0.1) is 21.8 Å². The molecular formula is C20H17ClN2O2S2. The Morgan fingerprint density at radius 1 is 1.11 bits per heavy atom. The zero-order chi connectivity index (χ0) is 18.8. The molecule has 0 aliphatic carbocycles. The van der Waals surface area contributed by atoms with Crippen LogP contribution in [0.15, 0.2) is 53.5 Å². The third-order valence-electron chi connectivity index (χ3n) is 4.18. The summed E-state index contributed by atoms with van der Waals surface area (Å²) < 4.78 is 9.61. The van der Waals surface area contributed by atoms with E-state index in [0.29, 0.717) is 34.5 Å². The number of hydrogen-bond acceptors (Lipinski definition) is 4. The number of fused-ring (bicyclic) bond motifs is 2. The Morgan fingerprint density at radius 2 is 1.85 bits per heavy atom. The molecule has 27 heavy (non-hydrogen) atoms. The summed E-state index contributed by atoms with van der Waals surface area (Å²) in [6.07, 6.45) is 0. The molecule has 138 valence electrons. The first-order valence-corrected chi connectivity index (χ1v) is 10.6. The molecule has 1 amide bonds. The maximum absolute atomic E-state index is 12.9. The fourth-order valence-corrected chi connectivity index (χ4v) is 5.36. The van der Waals surface area contributed by atoms with E-state index in [2.05, 4.69) is 4.99 Å². The number of amides is 1. The molecule has 0 radical (unpaired) electrons. The van der Waals surface area contributed by atoms with Crippen molar-refractivity contribution in [3.8, 4) is 0 Å². The van der Waals surface area contributed by atoms with Crippen molar-refractivity contribution in [3.63, 3.8) is 0 Å². The molecular weight excluding hydrogens is 400 g/mol. The van der Waals surface area contributed by atoms with E-state index in [-0.39, 0.29) is 5.91 Å². The quantitative estimate of drug-likeness (QED) is 0.411. The molecule has 4 rings (SSSR count). The van der Waals surface area contributed by atoms with Gasteiger partial charge in [0.1, 0.15) is 4.88 Å². The Kier molecular flexibility index (Phi) is 5.41. The molecule has 0 atom stereocenters. The number of nitrogens with zero attached hydrogens (tertiary/aromatic N) is 2. The summed E-state index contributed by atoms with van der Waals surface area (Å²) >= 11 is 9.33. The van der Waals surface area contributed by atoms with E-state index in [4.69, 9.17) is 16.3 Å². The number of rotatable bonds is 5. The van der Waals surface area contributed by atoms with Crippen molar-refractivity contribution in [2.45, 2.75) is 13.5 Å². The highest BCUT2D eigenvalue weighted by molar-refractivity contribution is 7.21. The van der Waals surface area contributed by atoms with Gasteiger partial charge in [-0.05, 0) is 25.1 Å². The maximum Gasteiger partial charge on any atom is 0.291 e. The van der Waals surface area contributed by atoms with Crippen molar-refractivity contribution in [1.82, 2.24) is 4.57 Å². The SMILES string of the molecule is CCOCCn1c(=NC(=O)c2sc3ccccc3c2Cl)sc2ccccc21. The van der Waals surface area contributed by atoms with Gasteiger partial charge in [-0.15, -0.1) is 11.3 Å². The fraction of sp³-hybridized carbons (Fsp3) is 0.200. The number of hydrogen-bond donors (Lipinski definition) is 0. The minimum absolute atomic E-state index is 0.307. The number of halogens is 1. The minimum atomic E-state index is -0.307. The number of benzene rings is 2. The summed E-state index contributed by atoms with van der Waals surface area (Å²) in [6.45, 7) is 3.84. The molecule has 2 heterocycles. The van der Waals surface area contributed by atoms with Gasteiger partial charge in [-0.2, -0.15) is 4.99 Å². The van der Waals surface area contributed by atoms with Crippen LogP contribution in [-0.2, 0) is 11.3 Å². The summed E-state index contributed by atoms with van der Waals surface area (Å²) in [7, 11) is 0. The van der Waals surface area contributed by atoms with Crippen molar-refractivity contribution < 1.29 is 9.53 Å². The van der Waals surface area contributed by atoms with Crippen molar-refractivity contribution in [1.29, 1.82) is 0 Å². The Hall–Kier alpha value is -1.99. The average molecular weight is 417 g/mol. The number of thiophene rings is 1. The molecule has 0 unspecified atom stereocenters. The van der Waals surface area contributed by atoms with E-state index in [1.165, 1.54) is 22.7 Å². The van der Waals surface area contributed by atoms with Gasteiger partial charge in [-0.1, -0.05) is 53.3 Å². The van der Waals surface area contributed by atoms with Crippen LogP contribution in [0, 0.1) is 0 Å². The average Bonchev–Trinajstić information content (AvgIpc) is 3.20. The van der Waals surface area contributed by atoms with Gasteiger partial charge < -0.3 is 9.30 Å². The van der Waals surface area contributed by atoms with Gasteiger partial charge in [-0.3, -0.25) is 4.79 Å². The van der Waals surface area contributed by atoms with Crippen LogP contribution in [0.25, 0.3) is 20.3 Å². The molecule has 0 bridgehead atoms. The van der Waals surface area contributed by atoms with Crippen LogP contribution in [0.5, 0.6) is 0 Å². The van der Waals surface area contributed by atoms with E-state index < -0.39 is 0 Å². The number of para-hydroxylation sites is 1. The van der Waals surface area contributed by atoms with Crippen LogP contribution >= 0.6 is 34.3 Å². The highest BCUT2D eigenvalue weighted by Crippen LogP contribution is 2.35. The summed E-state index contributed by atoms with van der Waals surface area (Å²) in [6, 6.07) is 15.8. The third-order valence-corrected chi connectivity index (χ3v) is 6.90. The second-order valence-corrected chi connectivity index (χ2v) is 8.30. The topological polar surface area (TPSA) is 43.6 Å². The molecule has 0 aliphatic rings. The van der Waals surface area contributed by atoms with E-state index in [9.17, 15) is 4.79 Å². The standard InChI is InChI=1S/C20H17ClN2O2S2/c1-2-25-12-11-23-14-8-4-6-10-16(14)27-20(23)22-19(24)18-17(21)13-7-3-5-9-15(13)26-18/h3-10H,2,11-12H2,1H3. The molecule has 2 aromatic carbocycles. The summed E-state index contributed by atoms with van der Waals surface area (Å²) in [5, 5.41) is 1.37. The molecule has 4 aromatic rings. The highest BCUT2D eigenvalue weighted by Gasteiger charge is 2.17. The lowest BCUT2D eigenvalue weighted by Crippen LogP contribution is -2.19. The van der Waals surface area contributed by atoms with Crippen LogP contribution in [-0.4, -0.2) is 23.7 Å². The largest absolute Gasteiger partial charge is 0.380 e. The Morgan fingerprint density at radius 3 is 2.63 bits per heavy atom. The van der Waals surface area contributed by atoms with E-state index in [1.807, 2.05) is 60.0 Å². The van der Waals surface area contributed by atoms with Crippen LogP contribution in [0.1, 0.15) is 16.6 Å². The molecule has 0 spiro atoms. The van der Waals surface area contributed by atoms with Crippen molar-refractivity contribution in [2.24, 2.45) is 4.99 Å². The molecule has 0 fully saturated rings. The smallest absolute Gasteiger partial charge is 0.291 e. The Bertz CT molecular complexity index is 1190. The van der Waals surface area contributed by atoms with E-state index in [1.54, 1.807) is 0 Å². The first-order chi connectivity index (χ1) is 13.2. The molecule has 0 aliphatic heterocycles. The molecule has 0 N–H and O–H groups in total. The zero-order valence-electron chi connectivity index (χ0n) is 14.6. The monoisotopic (exact) mass is 416 g/mol. The van der Waals surface area contributed by atoms with E-state index in [0.717, 1.165) is 20.3 Å². The first kappa shape index (κ1) is 18.4. The molecule has 2 aromatic heterocycles. The zero-order valence-corrected chi connectivity index (χ0v) is 17.0. The first-order valence-electron chi connectivity index (χ1n) is 8.61. The molecule has 7 heteroatoms. The van der Waals surface area contributed by atoms with Crippen LogP contribution in [0.4, 0.5) is 0 Å². The van der Waals surface area contributed by atoms with Gasteiger partial charge in [0.2, 0.25) is 0 Å². The third kappa shape index (κ3) is 3.58. The summed E-state index contributed by atoms with van der Waals surface area (Å²) in [5.74, 6) is -0.307. The number of carbonyl (C=O) groups excluding carboxylic acids is 1. The number of ether oxygens (including phenoxy) is 1. The van der Waals surface area contributed by atoms with Crippen molar-refractivity contribution in [3.05, 3.63) is 63.2 Å². The lowest BCUT2D eigenvalue weighted by molar-refractivity contribution is 0.100. The second-order valence-electron chi connectivity index (χ2n) is 5.86. The predicted molar refractivity (Wildman–Crippen MR) is 113 cm³/mol. The predicted octanol–water partition coefficient (Wildman–Crippen LogP) is 5.35. The molecule has 0 saturated carbocycles. The highest BCUT2D eigenvalue weighted by atomic mass is 35.5. The van der Waals surface area contributed by atoms with Crippen molar-refractivity contribution >= 4 is 60.5 Å². The molecule has 4 nitrogen and oxygen atoms in total. The number of aromatic nitrogens is 1. The fourth-order valence-electron chi connectivity index (χ4n) is 2.91. The van der Waals surface area contributed by atoms with Crippen LogP contribution in [0.3, 0.4) is 0 Å². The minimum Gasteiger partial charge on any atom is -0.380 e. The van der Waals surface area contributed by atoms with Crippen molar-refractivity contribution in [2.75, 3.05) is 13.2 Å². The lowest BCUT2D eigenvalue weighted by atomic mass is 10.2. The maximum atomic E-state index is 12.9. The van der Waals surface area contributed by atoms with Gasteiger partial charge in [0, 0.05) is 23.2 Å². The van der Waals surface area contributed by atoms with Crippen LogP contribution in [0.2, 0.25) is 5.02 Å². The summed E-state index contributed by atoms with van der Waals surface area (Å²) in [4.78, 5) is 18.4.